The zero-order valence-electron chi connectivity index (χ0n) is 43.2. The van der Waals surface area contributed by atoms with E-state index in [1.165, 1.54) is 100 Å². The minimum atomic E-state index is 0.648. The zero-order chi connectivity index (χ0) is 49.2. The van der Waals surface area contributed by atoms with E-state index in [-0.39, 0.29) is 0 Å². The Labute approximate surface area is 426 Å². The maximum absolute atomic E-state index is 6.05. The van der Waals surface area contributed by atoms with Crippen molar-refractivity contribution < 1.29 is 23.7 Å². The first kappa shape index (κ1) is 54.4. The van der Waals surface area contributed by atoms with Crippen molar-refractivity contribution in [1.29, 1.82) is 0 Å². The smallest absolute Gasteiger partial charge is 0.159 e. The van der Waals surface area contributed by atoms with Gasteiger partial charge in [0.05, 0.1) is 57.8 Å². The Hall–Kier alpha value is -5.96. The van der Waals surface area contributed by atoms with Crippen molar-refractivity contribution in [3.63, 3.8) is 0 Å². The van der Waals surface area contributed by atoms with Crippen LogP contribution in [0.25, 0.3) is 33.9 Å². The van der Waals surface area contributed by atoms with Crippen molar-refractivity contribution in [2.24, 2.45) is 0 Å². The summed E-state index contributed by atoms with van der Waals surface area (Å²) in [6, 6.07) is 33.6. The Morgan fingerprint density at radius 2 is 0.535 bits per heavy atom. The first-order valence-corrected chi connectivity index (χ1v) is 27.3. The number of aryl methyl sites for hydroxylation is 1. The molecule has 0 N–H and O–H groups in total. The second-order valence-corrected chi connectivity index (χ2v) is 18.8. The van der Waals surface area contributed by atoms with Gasteiger partial charge in [-0.3, -0.25) is 0 Å². The third-order valence-electron chi connectivity index (χ3n) is 12.9. The molecule has 0 amide bonds. The number of aromatic nitrogens is 4. The van der Waals surface area contributed by atoms with Crippen LogP contribution >= 0.6 is 0 Å². The number of nitrogens with zero attached hydrogens (tertiary/aromatic N) is 4. The van der Waals surface area contributed by atoms with Gasteiger partial charge in [-0.05, 0) is 122 Å². The van der Waals surface area contributed by atoms with Gasteiger partial charge in [0, 0.05) is 11.1 Å². The Morgan fingerprint density at radius 3 is 0.873 bits per heavy atom. The molecule has 6 rings (SSSR count). The predicted molar refractivity (Wildman–Crippen MR) is 291 cm³/mol. The standard InChI is InChI=1S/C62H82N4O5/c1-3-5-7-9-13-19-25-51-26-28-52(29-27-51)53-30-36-56(37-31-53)67-42-20-15-11-16-21-43-68-57-38-32-55(33-39-57)62-65-49-60(50-66-62)71-46-24-18-12-17-22-44-69-58-40-34-54(35-41-58)61-63-47-59(48-64-61)70-45-23-14-10-8-6-4-2/h26-41,47-50H,3-25,42-46H2,1-2H3. The monoisotopic (exact) mass is 963 g/mol. The number of ether oxygens (including phenoxy) is 5. The molecule has 0 radical (unpaired) electrons. The van der Waals surface area contributed by atoms with Gasteiger partial charge in [0.2, 0.25) is 0 Å². The molecule has 71 heavy (non-hydrogen) atoms. The van der Waals surface area contributed by atoms with Gasteiger partial charge in [0.25, 0.3) is 0 Å². The van der Waals surface area contributed by atoms with E-state index in [9.17, 15) is 0 Å². The summed E-state index contributed by atoms with van der Waals surface area (Å²) in [6.07, 6.45) is 34.6. The Bertz CT molecular complexity index is 2250. The molecule has 6 aromatic rings. The zero-order valence-corrected chi connectivity index (χ0v) is 43.2. The summed E-state index contributed by atoms with van der Waals surface area (Å²) in [4.78, 5) is 18.1. The van der Waals surface area contributed by atoms with E-state index in [0.717, 1.165) is 105 Å². The molecule has 4 aromatic carbocycles. The Morgan fingerprint density at radius 1 is 0.268 bits per heavy atom. The van der Waals surface area contributed by atoms with Crippen LogP contribution in [0.1, 0.15) is 161 Å². The van der Waals surface area contributed by atoms with Crippen molar-refractivity contribution in [1.82, 2.24) is 19.9 Å². The molecule has 0 spiro atoms. The van der Waals surface area contributed by atoms with E-state index in [1.807, 2.05) is 48.5 Å². The summed E-state index contributed by atoms with van der Waals surface area (Å²) < 4.78 is 29.8. The summed E-state index contributed by atoms with van der Waals surface area (Å²) in [6.45, 7) is 8.03. The molecule has 9 nitrogen and oxygen atoms in total. The predicted octanol–water partition coefficient (Wildman–Crippen LogP) is 16.7. The average Bonchev–Trinajstić information content (AvgIpc) is 3.42. The van der Waals surface area contributed by atoms with Crippen LogP contribution in [0.5, 0.6) is 28.7 Å². The van der Waals surface area contributed by atoms with Crippen LogP contribution in [0.2, 0.25) is 0 Å². The molecule has 0 aliphatic carbocycles. The molecule has 0 fully saturated rings. The van der Waals surface area contributed by atoms with Gasteiger partial charge < -0.3 is 23.7 Å². The number of rotatable bonds is 38. The fourth-order valence-corrected chi connectivity index (χ4v) is 8.50. The lowest BCUT2D eigenvalue weighted by Crippen LogP contribution is -2.00. The molecular formula is C62H82N4O5. The highest BCUT2D eigenvalue weighted by molar-refractivity contribution is 5.64. The number of hydrogen-bond acceptors (Lipinski definition) is 9. The molecule has 2 heterocycles. The number of unbranched alkanes of at least 4 members (excludes halogenated alkanes) is 18. The average molecular weight is 963 g/mol. The third kappa shape index (κ3) is 21.5. The lowest BCUT2D eigenvalue weighted by atomic mass is 10.0. The topological polar surface area (TPSA) is 97.7 Å². The Kier molecular flexibility index (Phi) is 25.7. The first-order valence-electron chi connectivity index (χ1n) is 27.3. The maximum Gasteiger partial charge on any atom is 0.159 e. The molecule has 0 unspecified atom stereocenters. The van der Waals surface area contributed by atoms with Gasteiger partial charge in [0.1, 0.15) is 17.2 Å². The van der Waals surface area contributed by atoms with Crippen LogP contribution in [0.4, 0.5) is 0 Å². The van der Waals surface area contributed by atoms with Crippen molar-refractivity contribution in [2.75, 3.05) is 33.0 Å². The maximum atomic E-state index is 6.05. The van der Waals surface area contributed by atoms with Crippen LogP contribution < -0.4 is 23.7 Å². The molecular weight excluding hydrogens is 881 g/mol. The van der Waals surface area contributed by atoms with Crippen molar-refractivity contribution in [2.45, 2.75) is 162 Å². The SMILES string of the molecule is CCCCCCCCOc1cnc(-c2ccc(OCCCCCCCOc3cnc(-c4ccc(OCCCCCCCOc5ccc(-c6ccc(CCCCCCCC)cc6)cc5)cc4)nc3)cc2)nc1. The fraction of sp³-hybridized carbons (Fsp3) is 0.484. The first-order chi connectivity index (χ1) is 35.2. The van der Waals surface area contributed by atoms with E-state index >= 15 is 0 Å². The van der Waals surface area contributed by atoms with Gasteiger partial charge >= 0.3 is 0 Å². The van der Waals surface area contributed by atoms with E-state index in [1.54, 1.807) is 24.8 Å². The molecule has 0 aliphatic heterocycles. The van der Waals surface area contributed by atoms with E-state index < -0.39 is 0 Å². The largest absolute Gasteiger partial charge is 0.494 e. The highest BCUT2D eigenvalue weighted by Crippen LogP contribution is 2.26. The fourth-order valence-electron chi connectivity index (χ4n) is 8.50. The number of hydrogen-bond donors (Lipinski definition) is 0. The second-order valence-electron chi connectivity index (χ2n) is 18.8. The van der Waals surface area contributed by atoms with E-state index in [2.05, 4.69) is 82.3 Å². The van der Waals surface area contributed by atoms with Crippen LogP contribution in [0.15, 0.2) is 122 Å². The van der Waals surface area contributed by atoms with Crippen LogP contribution in [0.3, 0.4) is 0 Å². The summed E-state index contributed by atoms with van der Waals surface area (Å²) in [5, 5.41) is 0. The summed E-state index contributed by atoms with van der Waals surface area (Å²) >= 11 is 0. The molecule has 0 atom stereocenters. The summed E-state index contributed by atoms with van der Waals surface area (Å²) in [7, 11) is 0. The van der Waals surface area contributed by atoms with Gasteiger partial charge in [-0.1, -0.05) is 153 Å². The Balaban J connectivity index is 0.729. The molecule has 0 bridgehead atoms. The van der Waals surface area contributed by atoms with Crippen LogP contribution in [-0.2, 0) is 6.42 Å². The van der Waals surface area contributed by atoms with Crippen LogP contribution in [0, 0.1) is 0 Å². The van der Waals surface area contributed by atoms with Gasteiger partial charge in [-0.15, -0.1) is 0 Å². The summed E-state index contributed by atoms with van der Waals surface area (Å²) in [5.74, 6) is 5.44. The minimum absolute atomic E-state index is 0.648. The lowest BCUT2D eigenvalue weighted by molar-refractivity contribution is 0.292. The molecule has 380 valence electrons. The van der Waals surface area contributed by atoms with Gasteiger partial charge in [-0.25, -0.2) is 19.9 Å². The quantitative estimate of drug-likeness (QED) is 0.0351. The summed E-state index contributed by atoms with van der Waals surface area (Å²) in [5.41, 5.74) is 5.85. The highest BCUT2D eigenvalue weighted by atomic mass is 16.5. The van der Waals surface area contributed by atoms with Crippen molar-refractivity contribution in [3.8, 4) is 62.7 Å². The van der Waals surface area contributed by atoms with Gasteiger partial charge in [-0.2, -0.15) is 0 Å². The highest BCUT2D eigenvalue weighted by Gasteiger charge is 2.07. The van der Waals surface area contributed by atoms with Crippen molar-refractivity contribution in [3.05, 3.63) is 127 Å². The second kappa shape index (κ2) is 33.6. The minimum Gasteiger partial charge on any atom is -0.494 e. The van der Waals surface area contributed by atoms with Crippen LogP contribution in [-0.4, -0.2) is 53.0 Å². The molecule has 2 aromatic heterocycles. The van der Waals surface area contributed by atoms with E-state index in [4.69, 9.17) is 23.7 Å². The molecule has 9 heteroatoms. The van der Waals surface area contributed by atoms with E-state index in [0.29, 0.717) is 43.8 Å². The molecule has 0 saturated heterocycles. The molecule has 0 saturated carbocycles. The van der Waals surface area contributed by atoms with Gasteiger partial charge in [0.15, 0.2) is 23.1 Å². The molecule has 0 aliphatic rings. The lowest BCUT2D eigenvalue weighted by Gasteiger charge is -2.09. The normalized spacial score (nSPS) is 11.1. The number of benzene rings is 4. The van der Waals surface area contributed by atoms with Crippen molar-refractivity contribution >= 4 is 0 Å². The third-order valence-corrected chi connectivity index (χ3v) is 12.9.